The maximum Gasteiger partial charge on any atom is 0.305 e. The van der Waals surface area contributed by atoms with Crippen LogP contribution in [0.15, 0.2) is 60.9 Å². The number of likely N-dealkylation sites (N-methyl/N-ethyl adjacent to an activating group) is 1. The minimum Gasteiger partial charge on any atom is -0.756 e. The molecule has 0 aliphatic heterocycles. The number of nitrogens with zero attached hydrogens (tertiary/aromatic N) is 1. The van der Waals surface area contributed by atoms with Crippen LogP contribution in [-0.2, 0) is 27.9 Å². The number of quaternary nitrogens is 1. The second-order valence-electron chi connectivity index (χ2n) is 15.3. The first-order valence-corrected chi connectivity index (χ1v) is 22.6. The third-order valence-electron chi connectivity index (χ3n) is 8.74. The Morgan fingerprint density at radius 3 is 1.94 bits per heavy atom. The molecule has 0 aromatic rings. The molecule has 0 saturated carbocycles. The number of rotatable bonds is 38. The van der Waals surface area contributed by atoms with Gasteiger partial charge in [-0.15, -0.1) is 0 Å². The zero-order chi connectivity index (χ0) is 40.0. The Bertz CT molecular complexity index is 1070. The predicted octanol–water partition coefficient (Wildman–Crippen LogP) is 10.8. The van der Waals surface area contributed by atoms with Crippen molar-refractivity contribution in [1.82, 2.24) is 0 Å². The molecule has 0 spiro atoms. The van der Waals surface area contributed by atoms with Crippen molar-refractivity contribution in [2.75, 3.05) is 47.5 Å². The van der Waals surface area contributed by atoms with Gasteiger partial charge in [0, 0.05) is 6.42 Å². The third kappa shape index (κ3) is 39.7. The summed E-state index contributed by atoms with van der Waals surface area (Å²) in [4.78, 5) is 24.8. The molecule has 0 fully saturated rings. The van der Waals surface area contributed by atoms with Crippen LogP contribution in [0.3, 0.4) is 0 Å². The van der Waals surface area contributed by atoms with E-state index in [9.17, 15) is 19.4 Å². The maximum atomic E-state index is 12.4. The molecular weight excluding hydrogens is 701 g/mol. The van der Waals surface area contributed by atoms with Crippen LogP contribution < -0.4 is 4.89 Å². The number of allylic oxidation sites excluding steroid dienone is 7. The van der Waals surface area contributed by atoms with E-state index in [0.717, 1.165) is 32.1 Å². The molecule has 2 unspecified atom stereocenters. The van der Waals surface area contributed by atoms with Gasteiger partial charge >= 0.3 is 5.97 Å². The van der Waals surface area contributed by atoms with Gasteiger partial charge in [-0.2, -0.15) is 0 Å². The normalized spacial score (nSPS) is 14.9. The summed E-state index contributed by atoms with van der Waals surface area (Å²) in [6.45, 7) is 4.50. The lowest BCUT2D eigenvalue weighted by Crippen LogP contribution is -2.37. The quantitative estimate of drug-likeness (QED) is 0.0125. The SMILES string of the molecule is CCCCC/C=C\C/C=C\CC(O)/C=C\C=C\CCCC(=O)OC[C@H](COP(=O)([O-])OCC[N+](C)(C)C)O/C=C/CCCCCCCCCCCCCC. The van der Waals surface area contributed by atoms with Crippen molar-refractivity contribution in [3.63, 3.8) is 0 Å². The van der Waals surface area contributed by atoms with E-state index in [1.807, 2.05) is 51.5 Å². The molecule has 0 aliphatic carbocycles. The van der Waals surface area contributed by atoms with E-state index in [4.69, 9.17) is 18.5 Å². The van der Waals surface area contributed by atoms with E-state index in [1.54, 1.807) is 12.3 Å². The van der Waals surface area contributed by atoms with Gasteiger partial charge < -0.3 is 33.0 Å². The van der Waals surface area contributed by atoms with Crippen molar-refractivity contribution in [2.24, 2.45) is 0 Å². The van der Waals surface area contributed by atoms with E-state index < -0.39 is 26.0 Å². The van der Waals surface area contributed by atoms with E-state index in [2.05, 4.69) is 32.1 Å². The topological polar surface area (TPSA) is 114 Å². The van der Waals surface area contributed by atoms with Gasteiger partial charge in [0.1, 0.15) is 19.8 Å². The Morgan fingerprint density at radius 1 is 0.704 bits per heavy atom. The molecule has 10 heteroatoms. The van der Waals surface area contributed by atoms with Crippen molar-refractivity contribution in [3.05, 3.63) is 60.9 Å². The number of aliphatic hydroxyl groups excluding tert-OH is 1. The van der Waals surface area contributed by atoms with E-state index in [-0.39, 0.29) is 26.2 Å². The molecule has 54 heavy (non-hydrogen) atoms. The number of carbonyl (C=O) groups is 1. The monoisotopic (exact) mass is 782 g/mol. The highest BCUT2D eigenvalue weighted by Gasteiger charge is 2.19. The van der Waals surface area contributed by atoms with Crippen LogP contribution in [0.25, 0.3) is 0 Å². The minimum atomic E-state index is -4.55. The second kappa shape index (κ2) is 36.6. The van der Waals surface area contributed by atoms with Gasteiger partial charge in [0.2, 0.25) is 0 Å². The number of carbonyl (C=O) groups excluding carboxylic acids is 1. The lowest BCUT2D eigenvalue weighted by atomic mass is 10.0. The van der Waals surface area contributed by atoms with Crippen LogP contribution in [0.1, 0.15) is 155 Å². The maximum absolute atomic E-state index is 12.4. The van der Waals surface area contributed by atoms with Crippen molar-refractivity contribution in [2.45, 2.75) is 167 Å². The van der Waals surface area contributed by atoms with Crippen molar-refractivity contribution < 1.29 is 42.4 Å². The summed E-state index contributed by atoms with van der Waals surface area (Å²) in [6.07, 6.45) is 42.2. The lowest BCUT2D eigenvalue weighted by molar-refractivity contribution is -0.870. The standard InChI is InChI=1S/C44H80NO8P/c1-6-8-10-12-14-16-17-18-19-20-22-24-29-33-38-50-43(41-53-54(48,49)52-39-37-45(3,4)5)40-51-44(47)36-32-28-25-27-31-35-42(46)34-30-26-23-21-15-13-11-9-7-2/h15,21,25-27,30-31,33,35,38,42-43,46H,6-14,16-20,22-24,28-29,32,34,36-37,39-41H2,1-5H3/b21-15-,27-25+,30-26-,35-31-,38-33+/t42?,43-/m1/s1. The van der Waals surface area contributed by atoms with Crippen molar-refractivity contribution in [3.8, 4) is 0 Å². The largest absolute Gasteiger partial charge is 0.756 e. The molecule has 0 bridgehead atoms. The Hall–Kier alpha value is -2.00. The highest BCUT2D eigenvalue weighted by Crippen LogP contribution is 2.38. The lowest BCUT2D eigenvalue weighted by Gasteiger charge is -2.28. The van der Waals surface area contributed by atoms with Crippen LogP contribution in [0.2, 0.25) is 0 Å². The van der Waals surface area contributed by atoms with Crippen LogP contribution >= 0.6 is 7.82 Å². The Balaban J connectivity index is 4.50. The summed E-state index contributed by atoms with van der Waals surface area (Å²) in [6, 6.07) is 0. The van der Waals surface area contributed by atoms with Gasteiger partial charge in [0.05, 0.1) is 40.1 Å². The highest BCUT2D eigenvalue weighted by atomic mass is 31.2. The van der Waals surface area contributed by atoms with Crippen LogP contribution in [0.4, 0.5) is 0 Å². The molecule has 3 atom stereocenters. The van der Waals surface area contributed by atoms with Crippen LogP contribution in [0.5, 0.6) is 0 Å². The molecule has 9 nitrogen and oxygen atoms in total. The first-order valence-electron chi connectivity index (χ1n) is 21.2. The fourth-order valence-electron chi connectivity index (χ4n) is 5.31. The summed E-state index contributed by atoms with van der Waals surface area (Å²) >= 11 is 0. The number of ether oxygens (including phenoxy) is 2. The number of phosphoric acid groups is 1. The average Bonchev–Trinajstić information content (AvgIpc) is 3.12. The molecule has 0 aliphatic rings. The number of aliphatic hydroxyl groups is 1. The summed E-state index contributed by atoms with van der Waals surface area (Å²) in [5.74, 6) is -0.393. The van der Waals surface area contributed by atoms with Crippen molar-refractivity contribution in [1.29, 1.82) is 0 Å². The zero-order valence-electron chi connectivity index (χ0n) is 35.0. The predicted molar refractivity (Wildman–Crippen MR) is 223 cm³/mol. The third-order valence-corrected chi connectivity index (χ3v) is 9.71. The fraction of sp³-hybridized carbons (Fsp3) is 0.750. The number of phosphoric ester groups is 1. The molecule has 0 rings (SSSR count). The first kappa shape index (κ1) is 52.0. The molecule has 0 aromatic carbocycles. The van der Waals surface area contributed by atoms with Crippen LogP contribution in [-0.4, -0.2) is 75.3 Å². The average molecular weight is 782 g/mol. The van der Waals surface area contributed by atoms with E-state index >= 15 is 0 Å². The van der Waals surface area contributed by atoms with E-state index in [1.165, 1.54) is 83.5 Å². The molecule has 0 aromatic heterocycles. The molecule has 314 valence electrons. The minimum absolute atomic E-state index is 0.00324. The molecule has 0 radical (unpaired) electrons. The van der Waals surface area contributed by atoms with Gasteiger partial charge in [-0.25, -0.2) is 0 Å². The molecule has 1 N–H and O–H groups in total. The summed E-state index contributed by atoms with van der Waals surface area (Å²) in [7, 11) is 1.28. The molecule has 0 saturated heterocycles. The number of hydrogen-bond donors (Lipinski definition) is 1. The van der Waals surface area contributed by atoms with Gasteiger partial charge in [-0.3, -0.25) is 9.36 Å². The summed E-state index contributed by atoms with van der Waals surface area (Å²) in [5.41, 5.74) is 0. The van der Waals surface area contributed by atoms with Gasteiger partial charge in [-0.05, 0) is 57.4 Å². The smallest absolute Gasteiger partial charge is 0.305 e. The Morgan fingerprint density at radius 2 is 1.28 bits per heavy atom. The Kier molecular flexibility index (Phi) is 35.3. The second-order valence-corrected chi connectivity index (χ2v) is 16.7. The number of esters is 1. The van der Waals surface area contributed by atoms with E-state index in [0.29, 0.717) is 30.3 Å². The number of hydrogen-bond acceptors (Lipinski definition) is 8. The summed E-state index contributed by atoms with van der Waals surface area (Å²) in [5, 5.41) is 10.1. The highest BCUT2D eigenvalue weighted by molar-refractivity contribution is 7.45. The zero-order valence-corrected chi connectivity index (χ0v) is 35.9. The molecular formula is C44H80NO8P. The summed E-state index contributed by atoms with van der Waals surface area (Å²) < 4.78 is 34.2. The van der Waals surface area contributed by atoms with Gasteiger partial charge in [-0.1, -0.05) is 146 Å². The van der Waals surface area contributed by atoms with Gasteiger partial charge in [0.15, 0.2) is 6.10 Å². The van der Waals surface area contributed by atoms with Gasteiger partial charge in [0.25, 0.3) is 7.82 Å². The van der Waals surface area contributed by atoms with Crippen molar-refractivity contribution >= 4 is 13.8 Å². The van der Waals surface area contributed by atoms with Crippen LogP contribution in [0, 0.1) is 0 Å². The number of unbranched alkanes of at least 4 members (excludes halogenated alkanes) is 16. The first-order chi connectivity index (χ1) is 26.0. The fourth-order valence-corrected chi connectivity index (χ4v) is 6.04. The Labute approximate surface area is 331 Å². The molecule has 0 amide bonds. The molecule has 0 heterocycles.